The van der Waals surface area contributed by atoms with Crippen molar-refractivity contribution in [3.8, 4) is 0 Å². The minimum Gasteiger partial charge on any atom is -0.156 e. The highest BCUT2D eigenvalue weighted by molar-refractivity contribution is 7.99. The van der Waals surface area contributed by atoms with Gasteiger partial charge in [-0.1, -0.05) is 42.9 Å². The van der Waals surface area contributed by atoms with E-state index < -0.39 is 0 Å². The summed E-state index contributed by atoms with van der Waals surface area (Å²) in [6.07, 6.45) is 12.4. The van der Waals surface area contributed by atoms with Crippen molar-refractivity contribution in [3.63, 3.8) is 0 Å². The molecule has 0 aromatic carbocycles. The van der Waals surface area contributed by atoms with Crippen LogP contribution in [0.4, 0.5) is 0 Å². The van der Waals surface area contributed by atoms with Crippen molar-refractivity contribution >= 4 is 11.8 Å². The normalized spacial score (nSPS) is 26.3. The zero-order chi connectivity index (χ0) is 13.8. The molecule has 1 aliphatic carbocycles. The van der Waals surface area contributed by atoms with Gasteiger partial charge in [0.15, 0.2) is 0 Å². The van der Waals surface area contributed by atoms with Gasteiger partial charge >= 0.3 is 0 Å². The average molecular weight is 272 g/mol. The Bertz CT molecular complexity index is 498. The smallest absolute Gasteiger partial charge is 0.0184 e. The molecule has 1 heterocycles. The van der Waals surface area contributed by atoms with Gasteiger partial charge in [0.25, 0.3) is 0 Å². The molecule has 0 radical (unpaired) electrons. The van der Waals surface area contributed by atoms with Crippen LogP contribution in [0.5, 0.6) is 0 Å². The van der Waals surface area contributed by atoms with Gasteiger partial charge in [-0.25, -0.2) is 0 Å². The standard InChI is InChI=1S/C18H24S/c1-5-9-15-14(8-4)17-12-19-11-13(7-3)18(17)16(15)10-6-2/h5-7,9-10,17H,8,11-12H2,1-4H3/b9-5-,10-6-,13-7-. The highest BCUT2D eigenvalue weighted by Crippen LogP contribution is 2.48. The maximum atomic E-state index is 2.31. The van der Waals surface area contributed by atoms with E-state index in [9.17, 15) is 0 Å². The first-order valence-electron chi connectivity index (χ1n) is 7.24. The third-order valence-corrected chi connectivity index (χ3v) is 5.06. The van der Waals surface area contributed by atoms with Crippen molar-refractivity contribution in [2.75, 3.05) is 11.5 Å². The largest absolute Gasteiger partial charge is 0.156 e. The Morgan fingerprint density at radius 2 is 1.79 bits per heavy atom. The quantitative estimate of drug-likeness (QED) is 0.657. The summed E-state index contributed by atoms with van der Waals surface area (Å²) in [4.78, 5) is 0. The van der Waals surface area contributed by atoms with E-state index in [1.54, 1.807) is 16.7 Å². The van der Waals surface area contributed by atoms with Gasteiger partial charge in [0.2, 0.25) is 0 Å². The van der Waals surface area contributed by atoms with Gasteiger partial charge in [0.05, 0.1) is 0 Å². The first kappa shape index (κ1) is 14.5. The molecule has 2 aliphatic rings. The Kier molecular flexibility index (Phi) is 4.93. The molecule has 0 amide bonds. The van der Waals surface area contributed by atoms with E-state index in [0.29, 0.717) is 5.92 Å². The van der Waals surface area contributed by atoms with Crippen molar-refractivity contribution in [1.29, 1.82) is 0 Å². The summed E-state index contributed by atoms with van der Waals surface area (Å²) in [7, 11) is 0. The van der Waals surface area contributed by atoms with E-state index in [1.807, 2.05) is 0 Å². The lowest BCUT2D eigenvalue weighted by Crippen LogP contribution is -2.16. The molecule has 0 nitrogen and oxygen atoms in total. The van der Waals surface area contributed by atoms with Gasteiger partial charge in [0.1, 0.15) is 0 Å². The van der Waals surface area contributed by atoms with Gasteiger partial charge in [0, 0.05) is 17.4 Å². The summed E-state index contributed by atoms with van der Waals surface area (Å²) in [5, 5.41) is 0. The first-order chi connectivity index (χ1) is 9.28. The van der Waals surface area contributed by atoms with Crippen LogP contribution in [0.3, 0.4) is 0 Å². The average Bonchev–Trinajstić information content (AvgIpc) is 2.73. The van der Waals surface area contributed by atoms with Crippen molar-refractivity contribution in [2.24, 2.45) is 5.92 Å². The van der Waals surface area contributed by atoms with E-state index in [-0.39, 0.29) is 0 Å². The third-order valence-electron chi connectivity index (χ3n) is 3.98. The van der Waals surface area contributed by atoms with Gasteiger partial charge in [-0.15, -0.1) is 0 Å². The molecule has 1 unspecified atom stereocenters. The molecule has 0 spiro atoms. The molecule has 1 heteroatoms. The van der Waals surface area contributed by atoms with Crippen LogP contribution >= 0.6 is 11.8 Å². The molecular formula is C18H24S. The Morgan fingerprint density at radius 3 is 2.37 bits per heavy atom. The van der Waals surface area contributed by atoms with E-state index >= 15 is 0 Å². The Balaban J connectivity index is 2.62. The SMILES string of the molecule is C/C=C\C1=C(CC)C2CSC/C(=C/C)C2=C1/C=C\C. The Labute approximate surface area is 122 Å². The predicted octanol–water partition coefficient (Wildman–Crippen LogP) is 5.46. The van der Waals surface area contributed by atoms with Crippen LogP contribution in [-0.4, -0.2) is 11.5 Å². The molecule has 0 N–H and O–H groups in total. The van der Waals surface area contributed by atoms with E-state index in [0.717, 1.165) is 6.42 Å². The Hall–Kier alpha value is -0.950. The molecule has 1 fully saturated rings. The molecule has 1 atom stereocenters. The maximum Gasteiger partial charge on any atom is 0.0184 e. The van der Waals surface area contributed by atoms with E-state index in [1.165, 1.54) is 22.7 Å². The summed E-state index contributed by atoms with van der Waals surface area (Å²) in [5.74, 6) is 3.06. The second-order valence-corrected chi connectivity index (χ2v) is 6.03. The number of thioether (sulfide) groups is 1. The fourth-order valence-corrected chi connectivity index (χ4v) is 4.46. The number of hydrogen-bond acceptors (Lipinski definition) is 1. The molecule has 1 aliphatic heterocycles. The van der Waals surface area contributed by atoms with E-state index in [2.05, 4.69) is 69.8 Å². The van der Waals surface area contributed by atoms with Crippen LogP contribution < -0.4 is 0 Å². The van der Waals surface area contributed by atoms with Crippen molar-refractivity contribution in [1.82, 2.24) is 0 Å². The highest BCUT2D eigenvalue weighted by Gasteiger charge is 2.34. The number of hydrogen-bond donors (Lipinski definition) is 0. The fraction of sp³-hybridized carbons (Fsp3) is 0.444. The molecule has 19 heavy (non-hydrogen) atoms. The Morgan fingerprint density at radius 1 is 1.11 bits per heavy atom. The monoisotopic (exact) mass is 272 g/mol. The van der Waals surface area contributed by atoms with Gasteiger partial charge in [-0.2, -0.15) is 11.8 Å². The van der Waals surface area contributed by atoms with Crippen LogP contribution in [-0.2, 0) is 0 Å². The lowest BCUT2D eigenvalue weighted by Gasteiger charge is -2.26. The van der Waals surface area contributed by atoms with E-state index in [4.69, 9.17) is 0 Å². The zero-order valence-corrected chi connectivity index (χ0v) is 13.3. The molecule has 102 valence electrons. The first-order valence-corrected chi connectivity index (χ1v) is 8.40. The fourth-order valence-electron chi connectivity index (χ4n) is 3.20. The maximum absolute atomic E-state index is 2.31. The second-order valence-electron chi connectivity index (χ2n) is 5.00. The molecule has 0 aromatic rings. The molecular weight excluding hydrogens is 248 g/mol. The summed E-state index contributed by atoms with van der Waals surface area (Å²) >= 11 is 2.08. The van der Waals surface area contributed by atoms with Crippen LogP contribution in [0.1, 0.15) is 34.1 Å². The highest BCUT2D eigenvalue weighted by atomic mass is 32.2. The van der Waals surface area contributed by atoms with Gasteiger partial charge in [-0.05, 0) is 49.5 Å². The van der Waals surface area contributed by atoms with Crippen LogP contribution in [0.15, 0.2) is 58.2 Å². The van der Waals surface area contributed by atoms with Gasteiger partial charge in [-0.3, -0.25) is 0 Å². The molecule has 0 bridgehead atoms. The lowest BCUT2D eigenvalue weighted by atomic mass is 9.89. The molecule has 1 saturated heterocycles. The minimum atomic E-state index is 0.646. The summed E-state index contributed by atoms with van der Waals surface area (Å²) in [6.45, 7) is 8.71. The van der Waals surface area contributed by atoms with Crippen LogP contribution in [0.25, 0.3) is 0 Å². The topological polar surface area (TPSA) is 0 Å². The minimum absolute atomic E-state index is 0.646. The summed E-state index contributed by atoms with van der Waals surface area (Å²) < 4.78 is 0. The number of allylic oxidation sites excluding steroid dienone is 9. The zero-order valence-electron chi connectivity index (χ0n) is 12.5. The van der Waals surface area contributed by atoms with Crippen molar-refractivity contribution < 1.29 is 0 Å². The number of rotatable bonds is 3. The van der Waals surface area contributed by atoms with Crippen LogP contribution in [0, 0.1) is 5.92 Å². The summed E-state index contributed by atoms with van der Waals surface area (Å²) in [5.41, 5.74) is 7.72. The predicted molar refractivity (Wildman–Crippen MR) is 88.5 cm³/mol. The molecule has 0 saturated carbocycles. The number of fused-ring (bicyclic) bond motifs is 1. The second kappa shape index (κ2) is 6.47. The lowest BCUT2D eigenvalue weighted by molar-refractivity contribution is 0.785. The van der Waals surface area contributed by atoms with Gasteiger partial charge < -0.3 is 0 Å². The summed E-state index contributed by atoms with van der Waals surface area (Å²) in [6, 6.07) is 0. The molecule has 0 aromatic heterocycles. The third kappa shape index (κ3) is 2.53. The van der Waals surface area contributed by atoms with Crippen LogP contribution in [0.2, 0.25) is 0 Å². The van der Waals surface area contributed by atoms with Crippen molar-refractivity contribution in [3.05, 3.63) is 58.2 Å². The van der Waals surface area contributed by atoms with Crippen molar-refractivity contribution in [2.45, 2.75) is 34.1 Å². The molecule has 2 rings (SSSR count).